The van der Waals surface area contributed by atoms with E-state index in [-0.39, 0.29) is 18.1 Å². The number of phenols is 1. The molecule has 0 saturated heterocycles. The number of rotatable bonds is 7. The Kier molecular flexibility index (Phi) is 7.04. The van der Waals surface area contributed by atoms with E-state index in [0.717, 1.165) is 48.4 Å². The molecule has 2 fully saturated rings. The van der Waals surface area contributed by atoms with E-state index < -0.39 is 16.5 Å². The van der Waals surface area contributed by atoms with Crippen LogP contribution < -0.4 is 0 Å². The zero-order valence-electron chi connectivity index (χ0n) is 22.3. The highest BCUT2D eigenvalue weighted by Gasteiger charge is 2.56. The fraction of sp³-hybridized carbons (Fsp3) is 0.438. The molecule has 0 spiro atoms. The van der Waals surface area contributed by atoms with Gasteiger partial charge in [-0.2, -0.15) is 8.42 Å². The molecule has 0 radical (unpaired) electrons. The second kappa shape index (κ2) is 10.4. The van der Waals surface area contributed by atoms with Gasteiger partial charge in [-0.25, -0.2) is 0 Å². The maximum atomic E-state index is 12.8. The van der Waals surface area contributed by atoms with Gasteiger partial charge in [0.25, 0.3) is 0 Å². The molecule has 7 heteroatoms. The van der Waals surface area contributed by atoms with Crippen molar-refractivity contribution in [3.05, 3.63) is 101 Å². The van der Waals surface area contributed by atoms with Crippen molar-refractivity contribution in [1.29, 1.82) is 0 Å². The number of hydrogen-bond donors (Lipinski definition) is 2. The molecule has 0 aliphatic heterocycles. The van der Waals surface area contributed by atoms with Gasteiger partial charge >= 0.3 is 10.3 Å². The lowest BCUT2D eigenvalue weighted by molar-refractivity contribution is -0.133. The molecule has 1 unspecified atom stereocenters. The lowest BCUT2D eigenvalue weighted by Gasteiger charge is -2.51. The van der Waals surface area contributed by atoms with Crippen molar-refractivity contribution in [1.82, 2.24) is 4.31 Å². The Balaban J connectivity index is 1.30. The van der Waals surface area contributed by atoms with Gasteiger partial charge in [-0.05, 0) is 96.1 Å². The molecule has 39 heavy (non-hydrogen) atoms. The van der Waals surface area contributed by atoms with Gasteiger partial charge in [-0.1, -0.05) is 73.7 Å². The standard InChI is InChI=1S/C32H37NO5S/c1-32-19-18-27-26-15-13-25(34)20-24(26)12-14-28(27)29(32)16-17-30(32)38-31(23-10-6-3-7-11-23)33(39(35,36)37)21-22-8-4-2-5-9-22/h2-11,13,15,20,27-31,34H,12,14,16-19,21H2,1H3,(H,35,36,37)/t27-,28-,29+,30-,31?,32+/m1/s1. The zero-order chi connectivity index (χ0) is 27.2. The van der Waals surface area contributed by atoms with E-state index in [0.29, 0.717) is 29.1 Å². The Morgan fingerprint density at radius 3 is 2.41 bits per heavy atom. The van der Waals surface area contributed by atoms with Crippen LogP contribution in [0, 0.1) is 17.3 Å². The Bertz CT molecular complexity index is 1410. The van der Waals surface area contributed by atoms with Gasteiger partial charge in [0.1, 0.15) is 5.75 Å². The first kappa shape index (κ1) is 26.5. The summed E-state index contributed by atoms with van der Waals surface area (Å²) in [5.41, 5.74) is 4.07. The largest absolute Gasteiger partial charge is 0.508 e. The van der Waals surface area contributed by atoms with E-state index in [1.165, 1.54) is 11.1 Å². The summed E-state index contributed by atoms with van der Waals surface area (Å²) in [6, 6.07) is 24.6. The summed E-state index contributed by atoms with van der Waals surface area (Å²) in [6.45, 7) is 2.34. The van der Waals surface area contributed by atoms with Gasteiger partial charge < -0.3 is 9.84 Å². The number of phenolic OH excluding ortho intramolecular Hbond substituents is 1. The summed E-state index contributed by atoms with van der Waals surface area (Å²) >= 11 is 0. The van der Waals surface area contributed by atoms with Crippen LogP contribution in [-0.2, 0) is 28.0 Å². The zero-order valence-corrected chi connectivity index (χ0v) is 23.1. The van der Waals surface area contributed by atoms with Crippen LogP contribution in [-0.4, -0.2) is 28.5 Å². The van der Waals surface area contributed by atoms with Gasteiger partial charge in [-0.15, -0.1) is 4.31 Å². The normalized spacial score (nSPS) is 28.9. The van der Waals surface area contributed by atoms with E-state index in [1.807, 2.05) is 72.8 Å². The van der Waals surface area contributed by atoms with E-state index in [1.54, 1.807) is 0 Å². The monoisotopic (exact) mass is 547 g/mol. The Morgan fingerprint density at radius 2 is 1.69 bits per heavy atom. The smallest absolute Gasteiger partial charge is 0.338 e. The minimum atomic E-state index is -4.57. The SMILES string of the molecule is C[C@]12CC[C@@H]3c4ccc(O)cc4CC[C@H]3[C@@H]1CC[C@H]2OC(c1ccccc1)N(Cc1ccccc1)S(=O)(=O)O. The first-order valence-corrected chi connectivity index (χ1v) is 15.4. The topological polar surface area (TPSA) is 87.1 Å². The maximum Gasteiger partial charge on any atom is 0.338 e. The van der Waals surface area contributed by atoms with E-state index >= 15 is 0 Å². The second-order valence-electron chi connectivity index (χ2n) is 11.8. The molecule has 0 aromatic heterocycles. The van der Waals surface area contributed by atoms with Crippen molar-refractivity contribution in [2.75, 3.05) is 0 Å². The number of fused-ring (bicyclic) bond motifs is 5. The van der Waals surface area contributed by atoms with Crippen LogP contribution in [0.2, 0.25) is 0 Å². The van der Waals surface area contributed by atoms with Crippen molar-refractivity contribution in [2.45, 2.75) is 70.2 Å². The molecule has 0 bridgehead atoms. The highest BCUT2D eigenvalue weighted by Crippen LogP contribution is 2.62. The molecule has 3 aromatic rings. The van der Waals surface area contributed by atoms with Gasteiger partial charge in [0.2, 0.25) is 0 Å². The highest BCUT2D eigenvalue weighted by atomic mass is 32.2. The number of aryl methyl sites for hydroxylation is 1. The predicted octanol–water partition coefficient (Wildman–Crippen LogP) is 6.64. The number of ether oxygens (including phenoxy) is 1. The van der Waals surface area contributed by atoms with Gasteiger partial charge in [-0.3, -0.25) is 4.55 Å². The Morgan fingerprint density at radius 1 is 0.974 bits per heavy atom. The van der Waals surface area contributed by atoms with Gasteiger partial charge in [0, 0.05) is 6.54 Å². The molecule has 3 aliphatic rings. The fourth-order valence-corrected chi connectivity index (χ4v) is 8.60. The molecular weight excluding hydrogens is 510 g/mol. The average Bonchev–Trinajstić information content (AvgIpc) is 3.26. The van der Waals surface area contributed by atoms with Crippen LogP contribution >= 0.6 is 0 Å². The minimum absolute atomic E-state index is 0.0143. The van der Waals surface area contributed by atoms with Crippen LogP contribution in [0.25, 0.3) is 0 Å². The van der Waals surface area contributed by atoms with Crippen LogP contribution in [0.1, 0.15) is 73.4 Å². The van der Waals surface area contributed by atoms with Crippen molar-refractivity contribution in [2.24, 2.45) is 17.3 Å². The molecule has 2 saturated carbocycles. The molecule has 6 nitrogen and oxygen atoms in total. The van der Waals surface area contributed by atoms with Gasteiger partial charge in [0.05, 0.1) is 6.10 Å². The van der Waals surface area contributed by atoms with Crippen molar-refractivity contribution >= 4 is 10.3 Å². The third kappa shape index (κ3) is 5.02. The second-order valence-corrected chi connectivity index (χ2v) is 13.2. The van der Waals surface area contributed by atoms with Crippen LogP contribution in [0.15, 0.2) is 78.9 Å². The Hall–Kier alpha value is -2.71. The van der Waals surface area contributed by atoms with Crippen molar-refractivity contribution in [3.63, 3.8) is 0 Å². The highest BCUT2D eigenvalue weighted by molar-refractivity contribution is 7.83. The van der Waals surface area contributed by atoms with Crippen molar-refractivity contribution in [3.8, 4) is 5.75 Å². The fourth-order valence-electron chi connectivity index (χ4n) is 7.88. The van der Waals surface area contributed by atoms with Crippen LogP contribution in [0.3, 0.4) is 0 Å². The Labute approximate surface area is 231 Å². The number of hydrogen-bond acceptors (Lipinski definition) is 4. The van der Waals surface area contributed by atoms with E-state index in [4.69, 9.17) is 4.74 Å². The maximum absolute atomic E-state index is 12.8. The van der Waals surface area contributed by atoms with E-state index in [2.05, 4.69) is 13.0 Å². The third-order valence-corrected chi connectivity index (χ3v) is 10.7. The molecule has 2 N–H and O–H groups in total. The lowest BCUT2D eigenvalue weighted by Crippen LogP contribution is -2.46. The molecule has 3 aromatic carbocycles. The van der Waals surface area contributed by atoms with Crippen LogP contribution in [0.5, 0.6) is 5.75 Å². The number of benzene rings is 3. The molecule has 6 rings (SSSR count). The summed E-state index contributed by atoms with van der Waals surface area (Å²) in [5.74, 6) is 1.86. The summed E-state index contributed by atoms with van der Waals surface area (Å²) in [7, 11) is -4.57. The summed E-state index contributed by atoms with van der Waals surface area (Å²) in [4.78, 5) is 0. The quantitative estimate of drug-likeness (QED) is 0.256. The number of aromatic hydroxyl groups is 1. The predicted molar refractivity (Wildman–Crippen MR) is 150 cm³/mol. The average molecular weight is 548 g/mol. The molecule has 0 heterocycles. The summed E-state index contributed by atoms with van der Waals surface area (Å²) in [5, 5.41) is 10.0. The van der Waals surface area contributed by atoms with Gasteiger partial charge in [0.15, 0.2) is 6.23 Å². The number of nitrogens with zero attached hydrogens (tertiary/aromatic N) is 1. The lowest BCUT2D eigenvalue weighted by atomic mass is 9.55. The van der Waals surface area contributed by atoms with E-state index in [9.17, 15) is 18.1 Å². The minimum Gasteiger partial charge on any atom is -0.508 e. The third-order valence-electron chi connectivity index (χ3n) is 9.74. The first-order valence-electron chi connectivity index (χ1n) is 14.0. The summed E-state index contributed by atoms with van der Waals surface area (Å²) < 4.78 is 43.9. The molecule has 3 aliphatic carbocycles. The van der Waals surface area contributed by atoms with Crippen molar-refractivity contribution < 1.29 is 22.8 Å². The first-order chi connectivity index (χ1) is 18.7. The summed E-state index contributed by atoms with van der Waals surface area (Å²) in [6.07, 6.45) is 4.96. The van der Waals surface area contributed by atoms with Crippen LogP contribution in [0.4, 0.5) is 0 Å². The molecule has 0 amide bonds. The molecule has 6 atom stereocenters. The molecular formula is C32H37NO5S. The molecule has 206 valence electrons.